The van der Waals surface area contributed by atoms with Crippen LogP contribution in [0.15, 0.2) is 71.9 Å². The van der Waals surface area contributed by atoms with Gasteiger partial charge in [0.05, 0.1) is 24.4 Å². The van der Waals surface area contributed by atoms with E-state index in [2.05, 4.69) is 10.3 Å². The molecule has 0 spiro atoms. The molecule has 1 aromatic heterocycles. The number of sulfonamides is 1. The first-order valence-electron chi connectivity index (χ1n) is 9.80. The summed E-state index contributed by atoms with van der Waals surface area (Å²) in [4.78, 5) is 16.6. The van der Waals surface area contributed by atoms with Gasteiger partial charge in [0, 0.05) is 30.5 Å². The lowest BCUT2D eigenvalue weighted by molar-refractivity contribution is 0.0730. The predicted octanol–water partition coefficient (Wildman–Crippen LogP) is 3.80. The standard InChI is InChI=1S/C22H20ClN3O5S/c23-20-8-5-17(14-21(20)32(28,29)26-10-12-30-13-11-26)25-22(27)16-3-6-18(7-4-16)31-19-2-1-9-24-15-19/h1-9,14-15H,10-13H2,(H,25,27). The van der Waals surface area contributed by atoms with Crippen LogP contribution in [-0.2, 0) is 14.8 Å². The molecule has 1 aliphatic heterocycles. The van der Waals surface area contributed by atoms with E-state index in [4.69, 9.17) is 21.1 Å². The van der Waals surface area contributed by atoms with E-state index in [1.807, 2.05) is 0 Å². The van der Waals surface area contributed by atoms with E-state index in [0.717, 1.165) is 0 Å². The molecule has 166 valence electrons. The first-order valence-corrected chi connectivity index (χ1v) is 11.6. The molecule has 1 amide bonds. The number of hydrogen-bond donors (Lipinski definition) is 1. The second-order valence-corrected chi connectivity index (χ2v) is 9.24. The summed E-state index contributed by atoms with van der Waals surface area (Å²) in [6.07, 6.45) is 3.23. The van der Waals surface area contributed by atoms with Gasteiger partial charge in [-0.1, -0.05) is 11.6 Å². The summed E-state index contributed by atoms with van der Waals surface area (Å²) < 4.78 is 38.1. The third kappa shape index (κ3) is 5.08. The molecule has 0 saturated carbocycles. The zero-order chi connectivity index (χ0) is 22.6. The Bertz CT molecular complexity index is 1200. The number of ether oxygens (including phenoxy) is 2. The van der Waals surface area contributed by atoms with Crippen molar-refractivity contribution in [3.05, 3.63) is 77.6 Å². The Morgan fingerprint density at radius 1 is 1.06 bits per heavy atom. The van der Waals surface area contributed by atoms with Gasteiger partial charge in [-0.2, -0.15) is 4.31 Å². The average Bonchev–Trinajstić information content (AvgIpc) is 2.82. The number of halogens is 1. The third-order valence-electron chi connectivity index (χ3n) is 4.76. The molecule has 3 aromatic rings. The van der Waals surface area contributed by atoms with E-state index in [-0.39, 0.29) is 23.0 Å². The fourth-order valence-corrected chi connectivity index (χ4v) is 5.03. The van der Waals surface area contributed by atoms with E-state index < -0.39 is 15.9 Å². The maximum atomic E-state index is 13.0. The smallest absolute Gasteiger partial charge is 0.255 e. The molecule has 0 aliphatic carbocycles. The number of morpholine rings is 1. The highest BCUT2D eigenvalue weighted by molar-refractivity contribution is 7.89. The highest BCUT2D eigenvalue weighted by Crippen LogP contribution is 2.29. The molecule has 0 atom stereocenters. The SMILES string of the molecule is O=C(Nc1ccc(Cl)c(S(=O)(=O)N2CCOCC2)c1)c1ccc(Oc2cccnc2)cc1. The lowest BCUT2D eigenvalue weighted by atomic mass is 10.2. The van der Waals surface area contributed by atoms with Crippen LogP contribution in [0.4, 0.5) is 5.69 Å². The fraction of sp³-hybridized carbons (Fsp3) is 0.182. The maximum Gasteiger partial charge on any atom is 0.255 e. The number of carbonyl (C=O) groups is 1. The summed E-state index contributed by atoms with van der Waals surface area (Å²) in [5.74, 6) is 0.745. The van der Waals surface area contributed by atoms with E-state index in [1.54, 1.807) is 54.9 Å². The quantitative estimate of drug-likeness (QED) is 0.584. The first-order chi connectivity index (χ1) is 15.4. The van der Waals surface area contributed by atoms with Gasteiger partial charge in [-0.25, -0.2) is 8.42 Å². The Morgan fingerprint density at radius 3 is 2.50 bits per heavy atom. The van der Waals surface area contributed by atoms with Crippen molar-refractivity contribution in [3.8, 4) is 11.5 Å². The van der Waals surface area contributed by atoms with Gasteiger partial charge >= 0.3 is 0 Å². The molecule has 1 saturated heterocycles. The van der Waals surface area contributed by atoms with Gasteiger partial charge in [0.15, 0.2) is 0 Å². The number of nitrogens with one attached hydrogen (secondary N) is 1. The fourth-order valence-electron chi connectivity index (χ4n) is 3.13. The summed E-state index contributed by atoms with van der Waals surface area (Å²) in [5.41, 5.74) is 0.706. The van der Waals surface area contributed by atoms with Crippen molar-refractivity contribution in [1.82, 2.24) is 9.29 Å². The molecule has 2 heterocycles. The van der Waals surface area contributed by atoms with Gasteiger partial charge < -0.3 is 14.8 Å². The Morgan fingerprint density at radius 2 is 1.81 bits per heavy atom. The van der Waals surface area contributed by atoms with Crippen molar-refractivity contribution in [3.63, 3.8) is 0 Å². The monoisotopic (exact) mass is 473 g/mol. The molecule has 8 nitrogen and oxygen atoms in total. The second-order valence-electron chi connectivity index (χ2n) is 6.93. The molecule has 2 aromatic carbocycles. The third-order valence-corrected chi connectivity index (χ3v) is 7.14. The zero-order valence-electron chi connectivity index (χ0n) is 16.9. The van der Waals surface area contributed by atoms with Crippen molar-refractivity contribution in [2.24, 2.45) is 0 Å². The summed E-state index contributed by atoms with van der Waals surface area (Å²) in [6.45, 7) is 1.16. The normalized spacial score (nSPS) is 14.7. The second kappa shape index (κ2) is 9.66. The van der Waals surface area contributed by atoms with Crippen molar-refractivity contribution < 1.29 is 22.7 Å². The van der Waals surface area contributed by atoms with Crippen LogP contribution in [0.25, 0.3) is 0 Å². The highest BCUT2D eigenvalue weighted by atomic mass is 35.5. The van der Waals surface area contributed by atoms with Crippen LogP contribution in [-0.4, -0.2) is 49.9 Å². The Labute approximate surface area is 190 Å². The molecule has 4 rings (SSSR count). The van der Waals surface area contributed by atoms with Gasteiger partial charge in [0.1, 0.15) is 16.4 Å². The van der Waals surface area contributed by atoms with E-state index in [0.29, 0.717) is 36.0 Å². The first kappa shape index (κ1) is 22.2. The molecular weight excluding hydrogens is 454 g/mol. The van der Waals surface area contributed by atoms with E-state index in [1.165, 1.54) is 16.4 Å². The molecule has 1 aliphatic rings. The number of amides is 1. The topological polar surface area (TPSA) is 97.8 Å². The molecule has 32 heavy (non-hydrogen) atoms. The van der Waals surface area contributed by atoms with Gasteiger partial charge in [0.2, 0.25) is 10.0 Å². The summed E-state index contributed by atoms with van der Waals surface area (Å²) in [7, 11) is -3.80. The lowest BCUT2D eigenvalue weighted by Gasteiger charge is -2.26. The van der Waals surface area contributed by atoms with Gasteiger partial charge in [-0.05, 0) is 54.6 Å². The number of aromatic nitrogens is 1. The van der Waals surface area contributed by atoms with Crippen LogP contribution >= 0.6 is 11.6 Å². The molecular formula is C22H20ClN3O5S. The molecule has 0 radical (unpaired) electrons. The maximum absolute atomic E-state index is 13.0. The van der Waals surface area contributed by atoms with Crippen LogP contribution in [0, 0.1) is 0 Å². The van der Waals surface area contributed by atoms with Crippen LogP contribution in [0.2, 0.25) is 5.02 Å². The van der Waals surface area contributed by atoms with Gasteiger partial charge in [0.25, 0.3) is 5.91 Å². The van der Waals surface area contributed by atoms with Gasteiger partial charge in [-0.15, -0.1) is 0 Å². The number of anilines is 1. The largest absolute Gasteiger partial charge is 0.456 e. The number of benzene rings is 2. The zero-order valence-corrected chi connectivity index (χ0v) is 18.5. The van der Waals surface area contributed by atoms with Crippen LogP contribution < -0.4 is 10.1 Å². The van der Waals surface area contributed by atoms with E-state index >= 15 is 0 Å². The predicted molar refractivity (Wildman–Crippen MR) is 120 cm³/mol. The van der Waals surface area contributed by atoms with Crippen LogP contribution in [0.1, 0.15) is 10.4 Å². The number of nitrogens with zero attached hydrogens (tertiary/aromatic N) is 2. The Kier molecular flexibility index (Phi) is 6.71. The molecule has 0 bridgehead atoms. The Balaban J connectivity index is 1.48. The number of hydrogen-bond acceptors (Lipinski definition) is 6. The van der Waals surface area contributed by atoms with Crippen molar-refractivity contribution >= 4 is 33.2 Å². The van der Waals surface area contributed by atoms with E-state index in [9.17, 15) is 13.2 Å². The molecule has 0 unspecified atom stereocenters. The summed E-state index contributed by atoms with van der Waals surface area (Å²) in [5, 5.41) is 2.80. The number of carbonyl (C=O) groups excluding carboxylic acids is 1. The Hall–Kier alpha value is -2.98. The number of rotatable bonds is 6. The van der Waals surface area contributed by atoms with Crippen LogP contribution in [0.3, 0.4) is 0 Å². The lowest BCUT2D eigenvalue weighted by Crippen LogP contribution is -2.40. The van der Waals surface area contributed by atoms with Crippen molar-refractivity contribution in [1.29, 1.82) is 0 Å². The average molecular weight is 474 g/mol. The number of pyridine rings is 1. The summed E-state index contributed by atoms with van der Waals surface area (Å²) >= 11 is 6.17. The molecule has 1 N–H and O–H groups in total. The minimum absolute atomic E-state index is 0.0564. The summed E-state index contributed by atoms with van der Waals surface area (Å²) in [6, 6.07) is 14.5. The minimum Gasteiger partial charge on any atom is -0.456 e. The molecule has 10 heteroatoms. The van der Waals surface area contributed by atoms with Crippen molar-refractivity contribution in [2.75, 3.05) is 31.6 Å². The highest BCUT2D eigenvalue weighted by Gasteiger charge is 2.28. The minimum atomic E-state index is -3.80. The van der Waals surface area contributed by atoms with Crippen LogP contribution in [0.5, 0.6) is 11.5 Å². The molecule has 1 fully saturated rings. The van der Waals surface area contributed by atoms with Crippen molar-refractivity contribution in [2.45, 2.75) is 4.90 Å². The van der Waals surface area contributed by atoms with Gasteiger partial charge in [-0.3, -0.25) is 9.78 Å².